The number of hydrogen-bond acceptors (Lipinski definition) is 5. The fourth-order valence-corrected chi connectivity index (χ4v) is 1.05. The van der Waals surface area contributed by atoms with Crippen molar-refractivity contribution < 1.29 is 24.2 Å². The molecular formula is C9H9NO6. The molecule has 7 nitrogen and oxygen atoms in total. The first kappa shape index (κ1) is 11.8. The summed E-state index contributed by atoms with van der Waals surface area (Å²) >= 11 is 0. The number of hydrogen-bond donors (Lipinski definition) is 3. The van der Waals surface area contributed by atoms with Gasteiger partial charge in [0, 0.05) is 6.07 Å². The van der Waals surface area contributed by atoms with Crippen LogP contribution in [0.2, 0.25) is 0 Å². The molecule has 0 aliphatic carbocycles. The van der Waals surface area contributed by atoms with Gasteiger partial charge in [0.15, 0.2) is 5.56 Å². The molecule has 0 unspecified atom stereocenters. The Morgan fingerprint density at radius 3 is 2.62 bits per heavy atom. The van der Waals surface area contributed by atoms with Gasteiger partial charge in [-0.1, -0.05) is 0 Å². The van der Waals surface area contributed by atoms with Gasteiger partial charge in [0.1, 0.15) is 18.1 Å². The Morgan fingerprint density at radius 2 is 2.12 bits per heavy atom. The second-order valence-electron chi connectivity index (χ2n) is 2.98. The molecule has 1 aromatic heterocycles. The summed E-state index contributed by atoms with van der Waals surface area (Å²) in [6, 6.07) is 1.09. The van der Waals surface area contributed by atoms with Crippen molar-refractivity contribution in [3.8, 4) is 5.75 Å². The van der Waals surface area contributed by atoms with Crippen molar-refractivity contribution in [3.63, 3.8) is 0 Å². The van der Waals surface area contributed by atoms with Crippen LogP contribution in [0.15, 0.2) is 15.3 Å². The number of aliphatic carboxylic acids is 1. The highest BCUT2D eigenvalue weighted by atomic mass is 16.4. The molecule has 0 saturated carbocycles. The maximum absolute atomic E-state index is 11.3. The molecular weight excluding hydrogens is 218 g/mol. The molecule has 0 saturated heterocycles. The molecule has 1 rings (SSSR count). The molecule has 0 fully saturated rings. The number of carbonyl (C=O) groups excluding carboxylic acids is 1. The molecule has 3 N–H and O–H groups in total. The van der Waals surface area contributed by atoms with Crippen molar-refractivity contribution in [1.82, 2.24) is 5.32 Å². The highest BCUT2D eigenvalue weighted by Crippen LogP contribution is 2.13. The van der Waals surface area contributed by atoms with Crippen molar-refractivity contribution in [3.05, 3.63) is 27.8 Å². The smallest absolute Gasteiger partial charge is 0.352 e. The Bertz CT molecular complexity index is 489. The van der Waals surface area contributed by atoms with Crippen molar-refractivity contribution in [1.29, 1.82) is 0 Å². The Hall–Kier alpha value is -2.31. The average Bonchev–Trinajstić information content (AvgIpc) is 2.12. The van der Waals surface area contributed by atoms with Gasteiger partial charge in [-0.25, -0.2) is 4.79 Å². The lowest BCUT2D eigenvalue weighted by molar-refractivity contribution is -0.135. The summed E-state index contributed by atoms with van der Waals surface area (Å²) in [6.45, 7) is 0.783. The second kappa shape index (κ2) is 4.47. The van der Waals surface area contributed by atoms with Crippen LogP contribution >= 0.6 is 0 Å². The Balaban J connectivity index is 3.00. The van der Waals surface area contributed by atoms with Crippen LogP contribution in [0.3, 0.4) is 0 Å². The van der Waals surface area contributed by atoms with E-state index < -0.39 is 35.4 Å². The van der Waals surface area contributed by atoms with Crippen LogP contribution in [0.4, 0.5) is 0 Å². The Kier molecular flexibility index (Phi) is 3.29. The Labute approximate surface area is 89.3 Å². The first-order valence-corrected chi connectivity index (χ1v) is 4.25. The van der Waals surface area contributed by atoms with Gasteiger partial charge in [-0.05, 0) is 6.92 Å². The summed E-state index contributed by atoms with van der Waals surface area (Å²) in [6.07, 6.45) is 0. The van der Waals surface area contributed by atoms with E-state index in [-0.39, 0.29) is 5.76 Å². The van der Waals surface area contributed by atoms with Gasteiger partial charge in [0.25, 0.3) is 5.91 Å². The third-order valence-corrected chi connectivity index (χ3v) is 1.68. The number of nitrogens with one attached hydrogen (secondary N) is 1. The number of rotatable bonds is 3. The van der Waals surface area contributed by atoms with E-state index in [4.69, 9.17) is 5.11 Å². The molecule has 16 heavy (non-hydrogen) atoms. The monoisotopic (exact) mass is 227 g/mol. The highest BCUT2D eigenvalue weighted by Gasteiger charge is 2.18. The minimum atomic E-state index is -1.26. The fraction of sp³-hybridized carbons (Fsp3) is 0.222. The van der Waals surface area contributed by atoms with Gasteiger partial charge in [-0.15, -0.1) is 0 Å². The van der Waals surface area contributed by atoms with Gasteiger partial charge < -0.3 is 19.9 Å². The van der Waals surface area contributed by atoms with Gasteiger partial charge in [0.05, 0.1) is 0 Å². The third-order valence-electron chi connectivity index (χ3n) is 1.68. The van der Waals surface area contributed by atoms with E-state index in [1.54, 1.807) is 0 Å². The van der Waals surface area contributed by atoms with Crippen molar-refractivity contribution in [2.75, 3.05) is 6.54 Å². The molecule has 86 valence electrons. The largest absolute Gasteiger partial charge is 0.507 e. The van der Waals surface area contributed by atoms with Crippen LogP contribution in [-0.4, -0.2) is 28.6 Å². The van der Waals surface area contributed by atoms with Crippen LogP contribution < -0.4 is 10.9 Å². The van der Waals surface area contributed by atoms with Gasteiger partial charge in [0.2, 0.25) is 0 Å². The maximum atomic E-state index is 11.3. The molecule has 1 aromatic rings. The third kappa shape index (κ3) is 2.59. The zero-order valence-corrected chi connectivity index (χ0v) is 8.31. The van der Waals surface area contributed by atoms with E-state index in [0.29, 0.717) is 0 Å². The topological polar surface area (TPSA) is 117 Å². The predicted molar refractivity (Wildman–Crippen MR) is 51.3 cm³/mol. The lowest BCUT2D eigenvalue weighted by atomic mass is 10.2. The van der Waals surface area contributed by atoms with Crippen LogP contribution in [-0.2, 0) is 4.79 Å². The van der Waals surface area contributed by atoms with Gasteiger partial charge in [-0.2, -0.15) is 0 Å². The number of aryl methyl sites for hydroxylation is 1. The van der Waals surface area contributed by atoms with Crippen molar-refractivity contribution in [2.45, 2.75) is 6.92 Å². The minimum Gasteiger partial charge on any atom is -0.507 e. The number of carboxylic acids is 1. The lowest BCUT2D eigenvalue weighted by Gasteiger charge is -2.03. The number of aromatic hydroxyl groups is 1. The van der Waals surface area contributed by atoms with E-state index in [9.17, 15) is 19.5 Å². The summed E-state index contributed by atoms with van der Waals surface area (Å²) in [5.41, 5.74) is -1.62. The molecule has 1 heterocycles. The Morgan fingerprint density at radius 1 is 1.50 bits per heavy atom. The van der Waals surface area contributed by atoms with Crippen molar-refractivity contribution >= 4 is 11.9 Å². The molecule has 0 aliphatic heterocycles. The van der Waals surface area contributed by atoms with E-state index >= 15 is 0 Å². The van der Waals surface area contributed by atoms with Crippen LogP contribution in [0.1, 0.15) is 16.1 Å². The summed E-state index contributed by atoms with van der Waals surface area (Å²) in [5.74, 6) is -2.65. The summed E-state index contributed by atoms with van der Waals surface area (Å²) in [4.78, 5) is 32.7. The molecule has 0 aliphatic rings. The zero-order valence-electron chi connectivity index (χ0n) is 8.31. The summed E-state index contributed by atoms with van der Waals surface area (Å²) in [5, 5.41) is 19.6. The molecule has 0 bridgehead atoms. The molecule has 0 radical (unpaired) electrons. The fourth-order valence-electron chi connectivity index (χ4n) is 1.05. The standard InChI is InChI=1S/C9H9NO6/c1-4-2-5(11)7(9(15)16-4)8(14)10-3-6(12)13/h2,11H,3H2,1H3,(H,10,14)(H,12,13). The van der Waals surface area contributed by atoms with Crippen LogP contribution in [0.5, 0.6) is 5.75 Å². The summed E-state index contributed by atoms with van der Waals surface area (Å²) < 4.78 is 4.59. The normalized spacial score (nSPS) is 9.81. The number of amides is 1. The summed E-state index contributed by atoms with van der Waals surface area (Å²) in [7, 11) is 0. The van der Waals surface area contributed by atoms with Gasteiger partial charge in [-0.3, -0.25) is 9.59 Å². The SMILES string of the molecule is Cc1cc(O)c(C(=O)NCC(=O)O)c(=O)o1. The molecule has 7 heteroatoms. The molecule has 0 aromatic carbocycles. The van der Waals surface area contributed by atoms with E-state index in [2.05, 4.69) is 4.42 Å². The number of carbonyl (C=O) groups is 2. The molecule has 0 atom stereocenters. The minimum absolute atomic E-state index is 0.150. The number of carboxylic acid groups (broad SMARTS) is 1. The first-order chi connectivity index (χ1) is 7.41. The van der Waals surface area contributed by atoms with Gasteiger partial charge >= 0.3 is 11.6 Å². The van der Waals surface area contributed by atoms with Crippen LogP contribution in [0, 0.1) is 6.92 Å². The van der Waals surface area contributed by atoms with Crippen molar-refractivity contribution in [2.24, 2.45) is 0 Å². The predicted octanol–water partition coefficient (Wildman–Crippen LogP) is -0.532. The molecule has 1 amide bonds. The highest BCUT2D eigenvalue weighted by molar-refractivity contribution is 5.97. The zero-order chi connectivity index (χ0) is 12.3. The van der Waals surface area contributed by atoms with E-state index in [1.807, 2.05) is 5.32 Å². The quantitative estimate of drug-likeness (QED) is 0.638. The second-order valence-corrected chi connectivity index (χ2v) is 2.98. The first-order valence-electron chi connectivity index (χ1n) is 4.25. The van der Waals surface area contributed by atoms with Crippen LogP contribution in [0.25, 0.3) is 0 Å². The molecule has 0 spiro atoms. The average molecular weight is 227 g/mol. The lowest BCUT2D eigenvalue weighted by Crippen LogP contribution is -2.32. The maximum Gasteiger partial charge on any atom is 0.352 e. The van der Waals surface area contributed by atoms with E-state index in [1.165, 1.54) is 6.92 Å². The van der Waals surface area contributed by atoms with E-state index in [0.717, 1.165) is 6.07 Å².